The second kappa shape index (κ2) is 3.50. The van der Waals surface area contributed by atoms with Gasteiger partial charge in [0.05, 0.1) is 11.3 Å². The van der Waals surface area contributed by atoms with Gasteiger partial charge in [-0.15, -0.1) is 11.3 Å². The highest BCUT2D eigenvalue weighted by atomic mass is 35.5. The van der Waals surface area contributed by atoms with Crippen molar-refractivity contribution in [2.24, 2.45) is 0 Å². The first-order valence-electron chi connectivity index (χ1n) is 4.59. The van der Waals surface area contributed by atoms with Crippen LogP contribution in [0.4, 0.5) is 5.69 Å². The molecule has 5 heteroatoms. The first-order valence-corrected chi connectivity index (χ1v) is 5.91. The molecule has 0 bridgehead atoms. The summed E-state index contributed by atoms with van der Waals surface area (Å²) in [5, 5.41) is 6.89. The van der Waals surface area contributed by atoms with Gasteiger partial charge in [-0.3, -0.25) is 4.79 Å². The number of carbonyl (C=O) groups is 1. The molecule has 0 saturated carbocycles. The van der Waals surface area contributed by atoms with Crippen molar-refractivity contribution in [2.45, 2.75) is 0 Å². The van der Waals surface area contributed by atoms with E-state index in [0.29, 0.717) is 27.8 Å². The number of halogens is 1. The third-order valence-corrected chi connectivity index (χ3v) is 3.24. The molecule has 16 heavy (non-hydrogen) atoms. The van der Waals surface area contributed by atoms with Crippen LogP contribution >= 0.6 is 22.9 Å². The summed E-state index contributed by atoms with van der Waals surface area (Å²) >= 11 is 7.29. The van der Waals surface area contributed by atoms with Gasteiger partial charge in [-0.25, -0.2) is 0 Å². The van der Waals surface area contributed by atoms with Gasteiger partial charge >= 0.3 is 0 Å². The Labute approximate surface area is 101 Å². The van der Waals surface area contributed by atoms with Crippen molar-refractivity contribution in [1.29, 1.82) is 0 Å². The standard InChI is InChI=1S/C11H6ClNO2S/c12-6-1-2-9-8(3-6)13-11(14)7-4-16-5-10(7)15-9/h1-5H,(H,13,14). The van der Waals surface area contributed by atoms with Crippen LogP contribution in [0.15, 0.2) is 29.0 Å². The number of carbonyl (C=O) groups excluding carboxylic acids is 1. The third kappa shape index (κ3) is 1.47. The molecule has 1 N–H and O–H groups in total. The zero-order valence-electron chi connectivity index (χ0n) is 7.99. The number of anilines is 1. The summed E-state index contributed by atoms with van der Waals surface area (Å²) in [5.41, 5.74) is 1.15. The quantitative estimate of drug-likeness (QED) is 0.774. The average molecular weight is 252 g/mol. The second-order valence-corrected chi connectivity index (χ2v) is 4.53. The molecule has 3 nitrogen and oxygen atoms in total. The maximum absolute atomic E-state index is 11.8. The van der Waals surface area contributed by atoms with Crippen molar-refractivity contribution in [1.82, 2.24) is 0 Å². The van der Waals surface area contributed by atoms with Crippen LogP contribution in [0.3, 0.4) is 0 Å². The molecule has 1 aliphatic heterocycles. The lowest BCUT2D eigenvalue weighted by molar-refractivity contribution is 0.102. The van der Waals surface area contributed by atoms with Gasteiger partial charge in [0, 0.05) is 15.8 Å². The number of amides is 1. The maximum Gasteiger partial charge on any atom is 0.260 e. The van der Waals surface area contributed by atoms with Crippen LogP contribution in [0, 0.1) is 0 Å². The van der Waals surface area contributed by atoms with E-state index < -0.39 is 0 Å². The summed E-state index contributed by atoms with van der Waals surface area (Å²) < 4.78 is 5.64. The van der Waals surface area contributed by atoms with Crippen LogP contribution in [0.5, 0.6) is 11.5 Å². The number of hydrogen-bond donors (Lipinski definition) is 1. The van der Waals surface area contributed by atoms with Crippen LogP contribution in [0.1, 0.15) is 10.4 Å². The first kappa shape index (κ1) is 9.69. The average Bonchev–Trinajstić information content (AvgIpc) is 2.65. The predicted octanol–water partition coefficient (Wildman–Crippen LogP) is 3.76. The van der Waals surface area contributed by atoms with E-state index in [0.717, 1.165) is 0 Å². The molecule has 1 aliphatic rings. The predicted molar refractivity (Wildman–Crippen MR) is 63.8 cm³/mol. The van der Waals surface area contributed by atoms with Crippen molar-refractivity contribution >= 4 is 34.5 Å². The molecule has 80 valence electrons. The fraction of sp³-hybridized carbons (Fsp3) is 0. The van der Waals surface area contributed by atoms with E-state index in [9.17, 15) is 4.79 Å². The zero-order chi connectivity index (χ0) is 11.1. The molecule has 0 fully saturated rings. The number of nitrogens with one attached hydrogen (secondary N) is 1. The topological polar surface area (TPSA) is 38.3 Å². The lowest BCUT2D eigenvalue weighted by Crippen LogP contribution is -2.09. The number of hydrogen-bond acceptors (Lipinski definition) is 3. The maximum atomic E-state index is 11.8. The van der Waals surface area contributed by atoms with E-state index in [4.69, 9.17) is 16.3 Å². The van der Waals surface area contributed by atoms with Crippen LogP contribution in [0.2, 0.25) is 5.02 Å². The van der Waals surface area contributed by atoms with Crippen molar-refractivity contribution < 1.29 is 9.53 Å². The van der Waals surface area contributed by atoms with E-state index in [1.54, 1.807) is 29.0 Å². The lowest BCUT2D eigenvalue weighted by atomic mass is 10.3. The fourth-order valence-corrected chi connectivity index (χ4v) is 2.42. The molecule has 2 aromatic rings. The first-order chi connectivity index (χ1) is 7.74. The van der Waals surface area contributed by atoms with Gasteiger partial charge in [0.1, 0.15) is 0 Å². The minimum absolute atomic E-state index is 0.169. The van der Waals surface area contributed by atoms with E-state index in [2.05, 4.69) is 5.32 Å². The highest BCUT2D eigenvalue weighted by Gasteiger charge is 2.21. The molecule has 0 radical (unpaired) electrons. The summed E-state index contributed by atoms with van der Waals surface area (Å²) in [5.74, 6) is 1.02. The molecule has 0 saturated heterocycles. The Kier molecular flexibility index (Phi) is 2.12. The Morgan fingerprint density at radius 1 is 1.25 bits per heavy atom. The highest BCUT2D eigenvalue weighted by molar-refractivity contribution is 7.08. The Balaban J connectivity index is 2.16. The van der Waals surface area contributed by atoms with E-state index >= 15 is 0 Å². The van der Waals surface area contributed by atoms with Gasteiger partial charge in [0.25, 0.3) is 5.91 Å². The van der Waals surface area contributed by atoms with Crippen LogP contribution in [-0.2, 0) is 0 Å². The van der Waals surface area contributed by atoms with Gasteiger partial charge in [-0.2, -0.15) is 0 Å². The molecule has 0 unspecified atom stereocenters. The van der Waals surface area contributed by atoms with Gasteiger partial charge < -0.3 is 10.1 Å². The monoisotopic (exact) mass is 251 g/mol. The van der Waals surface area contributed by atoms with E-state index in [-0.39, 0.29) is 5.91 Å². The van der Waals surface area contributed by atoms with Crippen LogP contribution in [0.25, 0.3) is 0 Å². The molecule has 0 aliphatic carbocycles. The van der Waals surface area contributed by atoms with Crippen LogP contribution < -0.4 is 10.1 Å². The molecule has 3 rings (SSSR count). The Hall–Kier alpha value is -1.52. The molecular weight excluding hydrogens is 246 g/mol. The number of benzene rings is 1. The summed E-state index contributed by atoms with van der Waals surface area (Å²) in [4.78, 5) is 11.8. The Bertz CT molecular complexity index is 579. The largest absolute Gasteiger partial charge is 0.453 e. The number of rotatable bonds is 0. The molecular formula is C11H6ClNO2S. The van der Waals surface area contributed by atoms with Crippen molar-refractivity contribution in [3.8, 4) is 11.5 Å². The molecule has 1 amide bonds. The van der Waals surface area contributed by atoms with Gasteiger partial charge in [-0.1, -0.05) is 11.6 Å². The summed E-state index contributed by atoms with van der Waals surface area (Å²) in [6, 6.07) is 5.14. The molecule has 0 atom stereocenters. The molecule has 1 aromatic carbocycles. The molecule has 0 spiro atoms. The van der Waals surface area contributed by atoms with Gasteiger partial charge in [0.2, 0.25) is 0 Å². The smallest absolute Gasteiger partial charge is 0.260 e. The third-order valence-electron chi connectivity index (χ3n) is 2.28. The number of fused-ring (bicyclic) bond motifs is 2. The van der Waals surface area contributed by atoms with E-state index in [1.165, 1.54) is 11.3 Å². The summed E-state index contributed by atoms with van der Waals surface area (Å²) in [6.45, 7) is 0. The normalized spacial score (nSPS) is 13.2. The SMILES string of the molecule is O=C1Nc2cc(Cl)ccc2Oc2cscc21. The molecule has 1 aromatic heterocycles. The number of thiophene rings is 1. The van der Waals surface area contributed by atoms with Gasteiger partial charge in [0.15, 0.2) is 11.5 Å². The highest BCUT2D eigenvalue weighted by Crippen LogP contribution is 2.38. The van der Waals surface area contributed by atoms with Crippen molar-refractivity contribution in [2.75, 3.05) is 5.32 Å². The van der Waals surface area contributed by atoms with Crippen molar-refractivity contribution in [3.63, 3.8) is 0 Å². The van der Waals surface area contributed by atoms with E-state index in [1.807, 2.05) is 0 Å². The van der Waals surface area contributed by atoms with Gasteiger partial charge in [-0.05, 0) is 18.2 Å². The lowest BCUT2D eigenvalue weighted by Gasteiger charge is -2.06. The second-order valence-electron chi connectivity index (χ2n) is 3.35. The Morgan fingerprint density at radius 2 is 2.12 bits per heavy atom. The summed E-state index contributed by atoms with van der Waals surface area (Å²) in [7, 11) is 0. The molecule has 2 heterocycles. The summed E-state index contributed by atoms with van der Waals surface area (Å²) in [6.07, 6.45) is 0. The minimum atomic E-state index is -0.169. The zero-order valence-corrected chi connectivity index (χ0v) is 9.56. The minimum Gasteiger partial charge on any atom is -0.453 e. The number of ether oxygens (including phenoxy) is 1. The Morgan fingerprint density at radius 3 is 3.00 bits per heavy atom. The van der Waals surface area contributed by atoms with Crippen molar-refractivity contribution in [3.05, 3.63) is 39.5 Å². The fourth-order valence-electron chi connectivity index (χ4n) is 1.53. The van der Waals surface area contributed by atoms with Crippen LogP contribution in [-0.4, -0.2) is 5.91 Å².